The molecule has 1 aromatic rings. The zero-order chi connectivity index (χ0) is 10.5. The highest BCUT2D eigenvalue weighted by Crippen LogP contribution is 2.26. The van der Waals surface area contributed by atoms with Crippen LogP contribution in [0.25, 0.3) is 0 Å². The number of ether oxygens (including phenoxy) is 1. The number of nitrogens with two attached hydrogens (primary N) is 1. The first-order chi connectivity index (χ1) is 7.40. The Balaban J connectivity index is 1.93. The molecule has 1 saturated heterocycles. The summed E-state index contributed by atoms with van der Waals surface area (Å²) in [6, 6.07) is 0. The van der Waals surface area contributed by atoms with E-state index < -0.39 is 0 Å². The van der Waals surface area contributed by atoms with Gasteiger partial charge in [-0.25, -0.2) is 0 Å². The number of hydrogen-bond acceptors (Lipinski definition) is 5. The molecule has 0 spiro atoms. The van der Waals surface area contributed by atoms with Crippen LogP contribution in [0, 0.1) is 0 Å². The normalized spacial score (nSPS) is 21.8. The van der Waals surface area contributed by atoms with Crippen LogP contribution in [0.3, 0.4) is 0 Å². The van der Waals surface area contributed by atoms with E-state index in [1.165, 1.54) is 6.42 Å². The summed E-state index contributed by atoms with van der Waals surface area (Å²) in [7, 11) is 0. The lowest BCUT2D eigenvalue weighted by molar-refractivity contribution is -0.00459. The summed E-state index contributed by atoms with van der Waals surface area (Å²) in [5.74, 6) is 1.37. The Morgan fingerprint density at radius 1 is 1.40 bits per heavy atom. The van der Waals surface area contributed by atoms with Gasteiger partial charge in [-0.15, -0.1) is 0 Å². The highest BCUT2D eigenvalue weighted by molar-refractivity contribution is 4.91. The molecule has 0 bridgehead atoms. The van der Waals surface area contributed by atoms with Crippen molar-refractivity contribution in [3.63, 3.8) is 0 Å². The van der Waals surface area contributed by atoms with Crippen molar-refractivity contribution in [3.8, 4) is 0 Å². The van der Waals surface area contributed by atoms with Crippen LogP contribution >= 0.6 is 0 Å². The van der Waals surface area contributed by atoms with Gasteiger partial charge < -0.3 is 15.0 Å². The summed E-state index contributed by atoms with van der Waals surface area (Å²) in [5.41, 5.74) is 5.42. The molecule has 1 aliphatic heterocycles. The van der Waals surface area contributed by atoms with Crippen LogP contribution in [0.5, 0.6) is 0 Å². The van der Waals surface area contributed by atoms with Gasteiger partial charge in [-0.3, -0.25) is 0 Å². The molecule has 1 atom stereocenters. The number of nitrogens with zero attached hydrogens (tertiary/aromatic N) is 2. The van der Waals surface area contributed by atoms with Crippen molar-refractivity contribution in [1.29, 1.82) is 0 Å². The molecule has 1 unspecified atom stereocenters. The Kier molecular flexibility index (Phi) is 3.69. The van der Waals surface area contributed by atoms with Crippen molar-refractivity contribution >= 4 is 0 Å². The zero-order valence-electron chi connectivity index (χ0n) is 8.82. The second-order valence-electron chi connectivity index (χ2n) is 3.80. The van der Waals surface area contributed by atoms with E-state index in [-0.39, 0.29) is 6.10 Å². The van der Waals surface area contributed by atoms with Crippen molar-refractivity contribution in [2.45, 2.75) is 38.2 Å². The third-order valence-electron chi connectivity index (χ3n) is 2.54. The van der Waals surface area contributed by atoms with E-state index in [9.17, 15) is 0 Å². The van der Waals surface area contributed by atoms with Crippen molar-refractivity contribution in [2.75, 3.05) is 13.2 Å². The van der Waals surface area contributed by atoms with Crippen LogP contribution in [-0.4, -0.2) is 23.3 Å². The fraction of sp³-hybridized carbons (Fsp3) is 0.800. The molecule has 15 heavy (non-hydrogen) atoms. The van der Waals surface area contributed by atoms with E-state index in [1.54, 1.807) is 0 Å². The first-order valence-electron chi connectivity index (χ1n) is 5.54. The number of aryl methyl sites for hydroxylation is 1. The predicted octanol–water partition coefficient (Wildman–Crippen LogP) is 1.20. The van der Waals surface area contributed by atoms with E-state index in [0.717, 1.165) is 38.1 Å². The number of rotatable bonds is 4. The Bertz CT molecular complexity index is 295. The molecule has 84 valence electrons. The molecule has 1 aliphatic rings. The lowest BCUT2D eigenvalue weighted by Crippen LogP contribution is -2.11. The first-order valence-corrected chi connectivity index (χ1v) is 5.54. The summed E-state index contributed by atoms with van der Waals surface area (Å²) in [4.78, 5) is 4.31. The SMILES string of the molecule is NCCCc1noc(C2CCCCO2)n1. The third-order valence-corrected chi connectivity index (χ3v) is 2.54. The van der Waals surface area contributed by atoms with Crippen LogP contribution in [0.15, 0.2) is 4.52 Å². The van der Waals surface area contributed by atoms with Gasteiger partial charge in [-0.1, -0.05) is 5.16 Å². The van der Waals surface area contributed by atoms with Crippen molar-refractivity contribution < 1.29 is 9.26 Å². The van der Waals surface area contributed by atoms with Crippen molar-refractivity contribution in [1.82, 2.24) is 10.1 Å². The predicted molar refractivity (Wildman–Crippen MR) is 54.2 cm³/mol. The molecule has 0 amide bonds. The van der Waals surface area contributed by atoms with Gasteiger partial charge in [0.2, 0.25) is 0 Å². The molecule has 0 radical (unpaired) electrons. The summed E-state index contributed by atoms with van der Waals surface area (Å²) in [6.07, 6.45) is 4.98. The monoisotopic (exact) mass is 211 g/mol. The highest BCUT2D eigenvalue weighted by Gasteiger charge is 2.21. The van der Waals surface area contributed by atoms with Gasteiger partial charge in [0.15, 0.2) is 5.82 Å². The summed E-state index contributed by atoms with van der Waals surface area (Å²) >= 11 is 0. The average molecular weight is 211 g/mol. The lowest BCUT2D eigenvalue weighted by Gasteiger charge is -2.18. The topological polar surface area (TPSA) is 74.2 Å². The second kappa shape index (κ2) is 5.23. The molecule has 5 heteroatoms. The summed E-state index contributed by atoms with van der Waals surface area (Å²) in [5, 5.41) is 3.91. The fourth-order valence-corrected chi connectivity index (χ4v) is 1.70. The first kappa shape index (κ1) is 10.6. The van der Waals surface area contributed by atoms with Gasteiger partial charge >= 0.3 is 0 Å². The van der Waals surface area contributed by atoms with E-state index in [1.807, 2.05) is 0 Å². The van der Waals surface area contributed by atoms with Crippen LogP contribution < -0.4 is 5.73 Å². The Hall–Kier alpha value is -0.940. The highest BCUT2D eigenvalue weighted by atomic mass is 16.5. The van der Waals surface area contributed by atoms with Crippen molar-refractivity contribution in [3.05, 3.63) is 11.7 Å². The Morgan fingerprint density at radius 2 is 2.33 bits per heavy atom. The van der Waals surface area contributed by atoms with Crippen LogP contribution in [-0.2, 0) is 11.2 Å². The maximum Gasteiger partial charge on any atom is 0.255 e. The molecular weight excluding hydrogens is 194 g/mol. The Morgan fingerprint density at radius 3 is 3.07 bits per heavy atom. The fourth-order valence-electron chi connectivity index (χ4n) is 1.70. The molecule has 5 nitrogen and oxygen atoms in total. The van der Waals surface area contributed by atoms with Crippen LogP contribution in [0.4, 0.5) is 0 Å². The maximum absolute atomic E-state index is 5.56. The number of hydrogen-bond donors (Lipinski definition) is 1. The molecule has 0 aliphatic carbocycles. The van der Waals surface area contributed by atoms with Gasteiger partial charge in [0.05, 0.1) is 0 Å². The smallest absolute Gasteiger partial charge is 0.255 e. The zero-order valence-corrected chi connectivity index (χ0v) is 8.82. The van der Waals surface area contributed by atoms with Gasteiger partial charge in [0.25, 0.3) is 5.89 Å². The van der Waals surface area contributed by atoms with Crippen molar-refractivity contribution in [2.24, 2.45) is 5.73 Å². The number of aromatic nitrogens is 2. The minimum atomic E-state index is 0.0119. The third kappa shape index (κ3) is 2.76. The van der Waals surface area contributed by atoms with E-state index in [2.05, 4.69) is 10.1 Å². The van der Waals surface area contributed by atoms with Crippen LogP contribution in [0.1, 0.15) is 43.5 Å². The van der Waals surface area contributed by atoms with E-state index in [4.69, 9.17) is 15.0 Å². The largest absolute Gasteiger partial charge is 0.368 e. The molecule has 0 saturated carbocycles. The quantitative estimate of drug-likeness (QED) is 0.810. The molecule has 2 rings (SSSR count). The summed E-state index contributed by atoms with van der Waals surface area (Å²) in [6.45, 7) is 1.45. The maximum atomic E-state index is 5.56. The van der Waals surface area contributed by atoms with Gasteiger partial charge in [0.1, 0.15) is 6.10 Å². The molecule has 1 fully saturated rings. The Labute approximate surface area is 89.0 Å². The summed E-state index contributed by atoms with van der Waals surface area (Å²) < 4.78 is 10.7. The average Bonchev–Trinajstić information content (AvgIpc) is 2.76. The minimum Gasteiger partial charge on any atom is -0.368 e. The van der Waals surface area contributed by atoms with Gasteiger partial charge in [0, 0.05) is 13.0 Å². The van der Waals surface area contributed by atoms with E-state index >= 15 is 0 Å². The standard InChI is InChI=1S/C10H17N3O2/c11-6-3-5-9-12-10(15-13-9)8-4-1-2-7-14-8/h8H,1-7,11H2. The molecule has 1 aromatic heterocycles. The van der Waals surface area contributed by atoms with Gasteiger partial charge in [-0.05, 0) is 32.2 Å². The van der Waals surface area contributed by atoms with E-state index in [0.29, 0.717) is 12.4 Å². The molecule has 2 heterocycles. The second-order valence-corrected chi connectivity index (χ2v) is 3.80. The molecule has 0 aromatic carbocycles. The molecule has 2 N–H and O–H groups in total. The van der Waals surface area contributed by atoms with Gasteiger partial charge in [-0.2, -0.15) is 4.98 Å². The minimum absolute atomic E-state index is 0.0119. The molecular formula is C10H17N3O2. The van der Waals surface area contributed by atoms with Crippen LogP contribution in [0.2, 0.25) is 0 Å². The lowest BCUT2D eigenvalue weighted by atomic mass is 10.1.